The molecule has 1 aliphatic heterocycles. The Morgan fingerprint density at radius 2 is 1.85 bits per heavy atom. The van der Waals surface area contributed by atoms with E-state index in [1.165, 1.54) is 11.3 Å². The number of nitrogens with zero attached hydrogens (tertiary/aromatic N) is 3. The number of fused-ring (bicyclic) bond motifs is 1. The molecule has 0 atom stereocenters. The van der Waals surface area contributed by atoms with E-state index in [0.717, 1.165) is 21.9 Å². The second kappa shape index (κ2) is 11.2. The van der Waals surface area contributed by atoms with Crippen molar-refractivity contribution in [3.8, 4) is 0 Å². The summed E-state index contributed by atoms with van der Waals surface area (Å²) in [6.45, 7) is 0.968. The number of nitrogens with two attached hydrogens (primary N) is 1. The van der Waals surface area contributed by atoms with Gasteiger partial charge in [0.25, 0.3) is 5.91 Å². The molecule has 0 bridgehead atoms. The number of rotatable bonds is 4. The number of benzene rings is 2. The first-order valence-electron chi connectivity index (χ1n) is 9.88. The number of carbonyl (C=O) groups excluding carboxylic acids is 2. The first kappa shape index (κ1) is 26.2. The number of anilines is 4. The highest BCUT2D eigenvalue weighted by Crippen LogP contribution is 2.27. The zero-order chi connectivity index (χ0) is 22.0. The zero-order valence-electron chi connectivity index (χ0n) is 18.2. The van der Waals surface area contributed by atoms with Gasteiger partial charge in [-0.05, 0) is 30.3 Å². The van der Waals surface area contributed by atoms with E-state index < -0.39 is 0 Å². The van der Waals surface area contributed by atoms with Crippen LogP contribution in [0.5, 0.6) is 0 Å². The van der Waals surface area contributed by atoms with E-state index in [2.05, 4.69) is 15.6 Å². The summed E-state index contributed by atoms with van der Waals surface area (Å²) < 4.78 is 0. The first-order chi connectivity index (χ1) is 14.9. The van der Waals surface area contributed by atoms with E-state index in [4.69, 9.17) is 5.73 Å². The molecule has 0 saturated heterocycles. The fourth-order valence-corrected chi connectivity index (χ4v) is 4.34. The van der Waals surface area contributed by atoms with Gasteiger partial charge in [-0.3, -0.25) is 4.79 Å². The summed E-state index contributed by atoms with van der Waals surface area (Å²) in [5.74, 6) is -0.297. The zero-order valence-corrected chi connectivity index (χ0v) is 20.6. The molecule has 1 aliphatic rings. The minimum Gasteiger partial charge on any atom is -0.397 e. The van der Waals surface area contributed by atoms with Crippen LogP contribution in [0.2, 0.25) is 0 Å². The highest BCUT2D eigenvalue weighted by molar-refractivity contribution is 7.13. The number of hydrogen-bond donors (Lipinski definition) is 3. The van der Waals surface area contributed by atoms with E-state index in [1.807, 2.05) is 55.4 Å². The maximum atomic E-state index is 12.8. The maximum absolute atomic E-state index is 12.8. The van der Waals surface area contributed by atoms with E-state index >= 15 is 0 Å². The monoisotopic (exact) mass is 508 g/mol. The molecule has 2 heterocycles. The molecular formula is C22H26Cl2N6O2S. The van der Waals surface area contributed by atoms with Crippen LogP contribution < -0.4 is 21.3 Å². The molecule has 3 amide bonds. The van der Waals surface area contributed by atoms with Crippen molar-refractivity contribution >= 4 is 70.8 Å². The van der Waals surface area contributed by atoms with Crippen LogP contribution in [0.4, 0.5) is 27.5 Å². The van der Waals surface area contributed by atoms with Crippen molar-refractivity contribution in [3.05, 3.63) is 64.1 Å². The van der Waals surface area contributed by atoms with Crippen LogP contribution in [0.15, 0.2) is 48.5 Å². The number of nitrogens with one attached hydrogen (secondary N) is 2. The standard InChI is InChI=1S/C22H24N6O2S.2ClH/c1-27(2)15-7-5-6-14(12-15)24-22(30)28-11-10-18-19(13-28)31-21(26-18)20(29)25-17-9-4-3-8-16(17)23;;/h3-9,12H,10-11,13,23H2,1-2H3,(H,24,30)(H,25,29);2*1H. The molecular weight excluding hydrogens is 483 g/mol. The third-order valence-corrected chi connectivity index (χ3v) is 6.12. The fourth-order valence-electron chi connectivity index (χ4n) is 3.32. The summed E-state index contributed by atoms with van der Waals surface area (Å²) in [7, 11) is 3.91. The molecule has 0 spiro atoms. The number of nitrogen functional groups attached to an aromatic ring is 1. The predicted molar refractivity (Wildman–Crippen MR) is 139 cm³/mol. The first-order valence-corrected chi connectivity index (χ1v) is 10.7. The molecule has 0 unspecified atom stereocenters. The molecule has 3 aromatic rings. The molecule has 8 nitrogen and oxygen atoms in total. The van der Waals surface area contributed by atoms with E-state index in [1.54, 1.807) is 17.0 Å². The average Bonchev–Trinajstić information content (AvgIpc) is 3.19. The van der Waals surface area contributed by atoms with Gasteiger partial charge in [-0.25, -0.2) is 9.78 Å². The van der Waals surface area contributed by atoms with Crippen LogP contribution in [0.3, 0.4) is 0 Å². The molecule has 33 heavy (non-hydrogen) atoms. The molecule has 0 saturated carbocycles. The molecule has 0 fully saturated rings. The summed E-state index contributed by atoms with van der Waals surface area (Å²) in [6, 6.07) is 14.6. The molecule has 2 aromatic carbocycles. The lowest BCUT2D eigenvalue weighted by molar-refractivity contribution is 0.102. The Hall–Kier alpha value is -3.01. The Kier molecular flexibility index (Phi) is 8.92. The number of hydrogen-bond acceptors (Lipinski definition) is 6. The minimum atomic E-state index is -0.297. The second-order valence-electron chi connectivity index (χ2n) is 7.48. The van der Waals surface area contributed by atoms with Crippen molar-refractivity contribution in [2.75, 3.05) is 41.9 Å². The van der Waals surface area contributed by atoms with Gasteiger partial charge in [-0.2, -0.15) is 0 Å². The van der Waals surface area contributed by atoms with Crippen molar-refractivity contribution < 1.29 is 9.59 Å². The van der Waals surface area contributed by atoms with Crippen molar-refractivity contribution in [1.29, 1.82) is 0 Å². The highest BCUT2D eigenvalue weighted by atomic mass is 35.5. The third kappa shape index (κ3) is 6.07. The SMILES string of the molecule is CN(C)c1cccc(NC(=O)N2CCc3nc(C(=O)Nc4ccccc4N)sc3C2)c1.Cl.Cl. The van der Waals surface area contributed by atoms with E-state index in [-0.39, 0.29) is 36.8 Å². The van der Waals surface area contributed by atoms with Crippen LogP contribution in [-0.4, -0.2) is 42.5 Å². The van der Waals surface area contributed by atoms with Gasteiger partial charge in [0, 0.05) is 43.3 Å². The lowest BCUT2D eigenvalue weighted by atomic mass is 10.2. The van der Waals surface area contributed by atoms with Gasteiger partial charge >= 0.3 is 6.03 Å². The summed E-state index contributed by atoms with van der Waals surface area (Å²) in [4.78, 5) is 34.5. The minimum absolute atomic E-state index is 0. The van der Waals surface area contributed by atoms with Crippen molar-refractivity contribution in [1.82, 2.24) is 9.88 Å². The highest BCUT2D eigenvalue weighted by Gasteiger charge is 2.26. The molecule has 11 heteroatoms. The lowest BCUT2D eigenvalue weighted by Gasteiger charge is -2.26. The predicted octanol–water partition coefficient (Wildman–Crippen LogP) is 4.48. The largest absolute Gasteiger partial charge is 0.397 e. The lowest BCUT2D eigenvalue weighted by Crippen LogP contribution is -2.38. The Morgan fingerprint density at radius 1 is 1.09 bits per heavy atom. The van der Waals surface area contributed by atoms with Crippen LogP contribution in [-0.2, 0) is 13.0 Å². The summed E-state index contributed by atoms with van der Waals surface area (Å²) in [5, 5.41) is 6.13. The van der Waals surface area contributed by atoms with Crippen LogP contribution >= 0.6 is 36.2 Å². The van der Waals surface area contributed by atoms with Crippen LogP contribution in [0.25, 0.3) is 0 Å². The topological polar surface area (TPSA) is 104 Å². The van der Waals surface area contributed by atoms with Gasteiger partial charge < -0.3 is 26.2 Å². The van der Waals surface area contributed by atoms with Crippen molar-refractivity contribution in [3.63, 3.8) is 0 Å². The van der Waals surface area contributed by atoms with Crippen molar-refractivity contribution in [2.24, 2.45) is 0 Å². The molecule has 4 rings (SSSR count). The van der Waals surface area contributed by atoms with Gasteiger partial charge in [-0.1, -0.05) is 18.2 Å². The molecule has 0 aliphatic carbocycles. The molecule has 1 aromatic heterocycles. The summed E-state index contributed by atoms with van der Waals surface area (Å²) in [5.41, 5.74) is 9.58. The maximum Gasteiger partial charge on any atom is 0.322 e. The number of halogens is 2. The third-order valence-electron chi connectivity index (χ3n) is 5.04. The van der Waals surface area contributed by atoms with Crippen LogP contribution in [0.1, 0.15) is 20.4 Å². The van der Waals surface area contributed by atoms with Crippen LogP contribution in [0, 0.1) is 0 Å². The summed E-state index contributed by atoms with van der Waals surface area (Å²) >= 11 is 1.31. The normalized spacial score (nSPS) is 12.0. The van der Waals surface area contributed by atoms with Gasteiger partial charge in [0.05, 0.1) is 23.6 Å². The van der Waals surface area contributed by atoms with Gasteiger partial charge in [0.15, 0.2) is 5.01 Å². The molecule has 4 N–H and O–H groups in total. The smallest absolute Gasteiger partial charge is 0.322 e. The summed E-state index contributed by atoms with van der Waals surface area (Å²) in [6.07, 6.45) is 0.609. The number of carbonyl (C=O) groups is 2. The number of urea groups is 1. The Balaban J connectivity index is 0.00000193. The number of aromatic nitrogens is 1. The van der Waals surface area contributed by atoms with Gasteiger partial charge in [-0.15, -0.1) is 36.2 Å². The molecule has 176 valence electrons. The average molecular weight is 509 g/mol. The van der Waals surface area contributed by atoms with E-state index in [0.29, 0.717) is 35.9 Å². The number of thiazole rings is 1. The number of para-hydroxylation sites is 2. The van der Waals surface area contributed by atoms with Crippen molar-refractivity contribution in [2.45, 2.75) is 13.0 Å². The second-order valence-corrected chi connectivity index (χ2v) is 8.56. The Morgan fingerprint density at radius 3 is 2.58 bits per heavy atom. The Bertz CT molecular complexity index is 1140. The molecule has 0 radical (unpaired) electrons. The quantitative estimate of drug-likeness (QED) is 0.450. The fraction of sp³-hybridized carbons (Fsp3) is 0.227. The van der Waals surface area contributed by atoms with E-state index in [9.17, 15) is 9.59 Å². The number of amides is 3. The van der Waals surface area contributed by atoms with Gasteiger partial charge in [0.1, 0.15) is 0 Å². The Labute approximate surface area is 209 Å². The van der Waals surface area contributed by atoms with Gasteiger partial charge in [0.2, 0.25) is 0 Å².